The molecule has 0 radical (unpaired) electrons. The molecule has 0 aliphatic rings. The van der Waals surface area contributed by atoms with Crippen LogP contribution in [0.15, 0.2) is 28.7 Å². The van der Waals surface area contributed by atoms with Crippen LogP contribution in [0.4, 0.5) is 10.7 Å². The van der Waals surface area contributed by atoms with E-state index in [2.05, 4.69) is 15.1 Å². The van der Waals surface area contributed by atoms with Crippen molar-refractivity contribution < 1.29 is 13.3 Å². The van der Waals surface area contributed by atoms with E-state index in [4.69, 9.17) is 0 Å². The Morgan fingerprint density at radius 1 is 1.52 bits per heavy atom. The SMILES string of the molecule is CNc1sc(S(=O)(=O)NCCn2cccn2)cc1[N+](=O)[O-]. The zero-order valence-corrected chi connectivity index (χ0v) is 12.6. The van der Waals surface area contributed by atoms with Gasteiger partial charge >= 0.3 is 5.69 Å². The number of nitrogens with zero attached hydrogens (tertiary/aromatic N) is 3. The van der Waals surface area contributed by atoms with Crippen LogP contribution in [-0.2, 0) is 16.6 Å². The van der Waals surface area contributed by atoms with Gasteiger partial charge in [0, 0.05) is 32.1 Å². The average molecular weight is 331 g/mol. The lowest BCUT2D eigenvalue weighted by atomic mass is 10.5. The fourth-order valence-electron chi connectivity index (χ4n) is 1.61. The van der Waals surface area contributed by atoms with Crippen molar-refractivity contribution in [3.05, 3.63) is 34.6 Å². The van der Waals surface area contributed by atoms with E-state index in [0.717, 1.165) is 17.4 Å². The molecule has 0 atom stereocenters. The molecule has 21 heavy (non-hydrogen) atoms. The Balaban J connectivity index is 2.10. The quantitative estimate of drug-likeness (QED) is 0.574. The number of aromatic nitrogens is 2. The van der Waals surface area contributed by atoms with Gasteiger partial charge in [0.2, 0.25) is 10.0 Å². The summed E-state index contributed by atoms with van der Waals surface area (Å²) in [5, 5.41) is 17.6. The Morgan fingerprint density at radius 3 is 2.81 bits per heavy atom. The Kier molecular flexibility index (Phi) is 4.55. The summed E-state index contributed by atoms with van der Waals surface area (Å²) in [6.07, 6.45) is 3.31. The molecule has 114 valence electrons. The number of hydrogen-bond donors (Lipinski definition) is 2. The molecule has 0 bridgehead atoms. The fourth-order valence-corrected chi connectivity index (χ4v) is 3.95. The molecule has 2 heterocycles. The fraction of sp³-hybridized carbons (Fsp3) is 0.300. The third kappa shape index (κ3) is 3.56. The number of anilines is 1. The van der Waals surface area contributed by atoms with Gasteiger partial charge in [0.15, 0.2) is 5.00 Å². The molecule has 0 amide bonds. The van der Waals surface area contributed by atoms with Gasteiger partial charge in [-0.05, 0) is 6.07 Å². The third-order valence-corrected chi connectivity index (χ3v) is 5.65. The molecule has 0 fully saturated rings. The highest BCUT2D eigenvalue weighted by Gasteiger charge is 2.25. The molecule has 2 N–H and O–H groups in total. The van der Waals surface area contributed by atoms with E-state index in [1.807, 2.05) is 0 Å². The first-order valence-electron chi connectivity index (χ1n) is 5.87. The number of nitro groups is 1. The van der Waals surface area contributed by atoms with Crippen molar-refractivity contribution in [3.63, 3.8) is 0 Å². The summed E-state index contributed by atoms with van der Waals surface area (Å²) in [4.78, 5) is 10.2. The minimum atomic E-state index is -3.78. The van der Waals surface area contributed by atoms with Crippen molar-refractivity contribution in [1.82, 2.24) is 14.5 Å². The molecular weight excluding hydrogens is 318 g/mol. The second-order valence-electron chi connectivity index (χ2n) is 3.95. The van der Waals surface area contributed by atoms with Gasteiger partial charge in [0.1, 0.15) is 4.21 Å². The van der Waals surface area contributed by atoms with Gasteiger partial charge in [0.05, 0.1) is 11.5 Å². The third-order valence-electron chi connectivity index (χ3n) is 2.57. The van der Waals surface area contributed by atoms with Crippen LogP contribution in [0.2, 0.25) is 0 Å². The maximum atomic E-state index is 12.1. The van der Waals surface area contributed by atoms with E-state index in [9.17, 15) is 18.5 Å². The molecule has 0 unspecified atom stereocenters. The standard InChI is InChI=1S/C10H13N5O4S2/c1-11-10-8(15(16)17)7-9(20-10)21(18,19)13-4-6-14-5-2-3-12-14/h2-3,5,7,11,13H,4,6H2,1H3. The molecule has 0 saturated carbocycles. The van der Waals surface area contributed by atoms with Crippen LogP contribution in [0.25, 0.3) is 0 Å². The van der Waals surface area contributed by atoms with Crippen LogP contribution < -0.4 is 10.0 Å². The summed E-state index contributed by atoms with van der Waals surface area (Å²) in [7, 11) is -2.28. The van der Waals surface area contributed by atoms with Gasteiger partial charge < -0.3 is 5.32 Å². The Hall–Kier alpha value is -1.98. The summed E-state index contributed by atoms with van der Waals surface area (Å²) >= 11 is 0.817. The summed E-state index contributed by atoms with van der Waals surface area (Å²) in [6, 6.07) is 2.78. The molecule has 0 spiro atoms. The lowest BCUT2D eigenvalue weighted by molar-refractivity contribution is -0.383. The smallest absolute Gasteiger partial charge is 0.304 e. The van der Waals surface area contributed by atoms with E-state index >= 15 is 0 Å². The zero-order valence-electron chi connectivity index (χ0n) is 11.0. The average Bonchev–Trinajstić information content (AvgIpc) is 3.07. The summed E-state index contributed by atoms with van der Waals surface area (Å²) in [5.41, 5.74) is -0.255. The lowest BCUT2D eigenvalue weighted by Gasteiger charge is -2.04. The molecule has 2 rings (SSSR count). The first kappa shape index (κ1) is 15.4. The Morgan fingerprint density at radius 2 is 2.29 bits per heavy atom. The molecule has 2 aromatic heterocycles. The lowest BCUT2D eigenvalue weighted by Crippen LogP contribution is -2.26. The summed E-state index contributed by atoms with van der Waals surface area (Å²) in [5.74, 6) is 0. The van der Waals surface area contributed by atoms with Crippen LogP contribution in [0.1, 0.15) is 0 Å². The molecule has 0 saturated heterocycles. The topological polar surface area (TPSA) is 119 Å². The minimum Gasteiger partial charge on any atom is -0.374 e. The predicted molar refractivity (Wildman–Crippen MR) is 77.9 cm³/mol. The van der Waals surface area contributed by atoms with E-state index in [1.54, 1.807) is 23.1 Å². The van der Waals surface area contributed by atoms with Gasteiger partial charge in [-0.1, -0.05) is 11.3 Å². The van der Waals surface area contributed by atoms with Gasteiger partial charge in [-0.3, -0.25) is 14.8 Å². The Labute approximate surface area is 124 Å². The molecule has 0 aliphatic heterocycles. The second-order valence-corrected chi connectivity index (χ2v) is 7.00. The van der Waals surface area contributed by atoms with Gasteiger partial charge in [0.25, 0.3) is 0 Å². The van der Waals surface area contributed by atoms with Crippen molar-refractivity contribution in [2.24, 2.45) is 0 Å². The molecule has 11 heteroatoms. The predicted octanol–water partition coefficient (Wildman–Crippen LogP) is 0.873. The van der Waals surface area contributed by atoms with Crippen molar-refractivity contribution >= 4 is 32.0 Å². The van der Waals surface area contributed by atoms with E-state index in [0.29, 0.717) is 6.54 Å². The number of nitrogens with one attached hydrogen (secondary N) is 2. The number of hydrogen-bond acceptors (Lipinski definition) is 7. The highest BCUT2D eigenvalue weighted by molar-refractivity contribution is 7.91. The normalized spacial score (nSPS) is 11.5. The van der Waals surface area contributed by atoms with E-state index in [1.165, 1.54) is 7.05 Å². The molecule has 0 aromatic carbocycles. The van der Waals surface area contributed by atoms with Crippen molar-refractivity contribution in [3.8, 4) is 0 Å². The van der Waals surface area contributed by atoms with Crippen LogP contribution in [-0.4, -0.2) is 36.7 Å². The number of thiophene rings is 1. The number of rotatable bonds is 7. The maximum Gasteiger partial charge on any atom is 0.304 e. The highest BCUT2D eigenvalue weighted by atomic mass is 32.2. The van der Waals surface area contributed by atoms with Gasteiger partial charge in [-0.15, -0.1) is 0 Å². The van der Waals surface area contributed by atoms with Gasteiger partial charge in [-0.2, -0.15) is 5.10 Å². The van der Waals surface area contributed by atoms with Crippen LogP contribution in [0, 0.1) is 10.1 Å². The monoisotopic (exact) mass is 331 g/mol. The Bertz CT molecular complexity index is 723. The van der Waals surface area contributed by atoms with Crippen LogP contribution in [0.3, 0.4) is 0 Å². The second kappa shape index (κ2) is 6.20. The van der Waals surface area contributed by atoms with Crippen LogP contribution in [0.5, 0.6) is 0 Å². The zero-order chi connectivity index (χ0) is 15.5. The van der Waals surface area contributed by atoms with Crippen molar-refractivity contribution in [1.29, 1.82) is 0 Å². The minimum absolute atomic E-state index is 0.0981. The van der Waals surface area contributed by atoms with Gasteiger partial charge in [-0.25, -0.2) is 13.1 Å². The molecule has 0 aliphatic carbocycles. The largest absolute Gasteiger partial charge is 0.374 e. The van der Waals surface area contributed by atoms with Crippen molar-refractivity contribution in [2.75, 3.05) is 18.9 Å². The van der Waals surface area contributed by atoms with E-state index in [-0.39, 0.29) is 21.4 Å². The number of sulfonamides is 1. The summed E-state index contributed by atoms with van der Waals surface area (Å²) in [6.45, 7) is 0.517. The summed E-state index contributed by atoms with van der Waals surface area (Å²) < 4.78 is 28.0. The highest BCUT2D eigenvalue weighted by Crippen LogP contribution is 2.36. The molecule has 2 aromatic rings. The molecular formula is C10H13N5O4S2. The molecule has 9 nitrogen and oxygen atoms in total. The first-order chi connectivity index (χ1) is 9.94. The van der Waals surface area contributed by atoms with Crippen LogP contribution >= 0.6 is 11.3 Å². The maximum absolute atomic E-state index is 12.1. The van der Waals surface area contributed by atoms with Crippen molar-refractivity contribution in [2.45, 2.75) is 10.8 Å². The van der Waals surface area contributed by atoms with E-state index < -0.39 is 14.9 Å². The first-order valence-corrected chi connectivity index (χ1v) is 8.17.